The van der Waals surface area contributed by atoms with Crippen molar-refractivity contribution in [2.24, 2.45) is 0 Å². The molecule has 18 heavy (non-hydrogen) atoms. The lowest BCUT2D eigenvalue weighted by molar-refractivity contribution is -0.149. The van der Waals surface area contributed by atoms with Crippen LogP contribution in [0.2, 0.25) is 0 Å². The fraction of sp³-hybridized carbons (Fsp3) is 0.462. The number of hydrogen-bond donors (Lipinski definition) is 0. The van der Waals surface area contributed by atoms with E-state index in [2.05, 4.69) is 0 Å². The van der Waals surface area contributed by atoms with Gasteiger partial charge in [-0.25, -0.2) is 13.2 Å². The number of ether oxygens (including phenoxy) is 1. The zero-order valence-electron chi connectivity index (χ0n) is 10.5. The van der Waals surface area contributed by atoms with Crippen molar-refractivity contribution in [3.8, 4) is 0 Å². The van der Waals surface area contributed by atoms with E-state index in [0.717, 1.165) is 0 Å². The molecule has 1 rings (SSSR count). The number of rotatable bonds is 4. The van der Waals surface area contributed by atoms with Crippen LogP contribution in [-0.4, -0.2) is 12.6 Å². The number of carbonyl (C=O) groups excluding carboxylic acids is 1. The second-order valence-corrected chi connectivity index (χ2v) is 4.15. The molecule has 0 aliphatic carbocycles. The van der Waals surface area contributed by atoms with Crippen LogP contribution in [0.5, 0.6) is 0 Å². The van der Waals surface area contributed by atoms with E-state index in [1.54, 1.807) is 13.8 Å². The van der Waals surface area contributed by atoms with Crippen molar-refractivity contribution in [1.82, 2.24) is 0 Å². The van der Waals surface area contributed by atoms with Gasteiger partial charge in [0.05, 0.1) is 12.0 Å². The smallest absolute Gasteiger partial charge is 0.316 e. The van der Waals surface area contributed by atoms with Crippen molar-refractivity contribution in [3.05, 3.63) is 35.1 Å². The SMILES string of the molecule is CCOC(=O)C(C)(CC)c1c(F)cc(F)cc1F. The van der Waals surface area contributed by atoms with Crippen LogP contribution in [0.15, 0.2) is 12.1 Å². The number of hydrogen-bond acceptors (Lipinski definition) is 2. The van der Waals surface area contributed by atoms with Gasteiger partial charge in [-0.1, -0.05) is 6.92 Å². The Morgan fingerprint density at radius 1 is 1.22 bits per heavy atom. The van der Waals surface area contributed by atoms with Crippen LogP contribution in [0.25, 0.3) is 0 Å². The van der Waals surface area contributed by atoms with E-state index in [0.29, 0.717) is 12.1 Å². The Hall–Kier alpha value is -1.52. The third-order valence-electron chi connectivity index (χ3n) is 2.99. The summed E-state index contributed by atoms with van der Waals surface area (Å²) < 4.78 is 45.1. The zero-order chi connectivity index (χ0) is 13.9. The van der Waals surface area contributed by atoms with Gasteiger partial charge in [-0.05, 0) is 20.3 Å². The molecular weight excluding hydrogens is 245 g/mol. The Labute approximate surface area is 104 Å². The minimum absolute atomic E-state index is 0.110. The van der Waals surface area contributed by atoms with Crippen molar-refractivity contribution in [2.75, 3.05) is 6.61 Å². The highest BCUT2D eigenvalue weighted by Gasteiger charge is 2.40. The number of benzene rings is 1. The molecule has 1 unspecified atom stereocenters. The first-order valence-corrected chi connectivity index (χ1v) is 5.69. The standard InChI is InChI=1S/C13H15F3O2/c1-4-13(3,12(17)18-5-2)11-9(15)6-8(14)7-10(11)16/h6-7H,4-5H2,1-3H3. The third kappa shape index (κ3) is 2.49. The van der Waals surface area contributed by atoms with E-state index in [1.807, 2.05) is 0 Å². The van der Waals surface area contributed by atoms with E-state index in [1.165, 1.54) is 6.92 Å². The second kappa shape index (κ2) is 5.42. The zero-order valence-corrected chi connectivity index (χ0v) is 10.5. The molecule has 0 saturated heterocycles. The summed E-state index contributed by atoms with van der Waals surface area (Å²) >= 11 is 0. The van der Waals surface area contributed by atoms with Crippen molar-refractivity contribution in [2.45, 2.75) is 32.6 Å². The van der Waals surface area contributed by atoms with E-state index in [9.17, 15) is 18.0 Å². The van der Waals surface area contributed by atoms with Gasteiger partial charge in [-0.15, -0.1) is 0 Å². The second-order valence-electron chi connectivity index (χ2n) is 4.15. The van der Waals surface area contributed by atoms with Gasteiger partial charge < -0.3 is 4.74 Å². The molecule has 100 valence electrons. The van der Waals surface area contributed by atoms with Crippen LogP contribution in [0.1, 0.15) is 32.8 Å². The summed E-state index contributed by atoms with van der Waals surface area (Å²) in [5.41, 5.74) is -1.91. The Balaban J connectivity index is 3.36. The van der Waals surface area contributed by atoms with Crippen LogP contribution in [0, 0.1) is 17.5 Å². The molecule has 0 spiro atoms. The van der Waals surface area contributed by atoms with E-state index >= 15 is 0 Å². The lowest BCUT2D eigenvalue weighted by atomic mass is 9.79. The lowest BCUT2D eigenvalue weighted by Crippen LogP contribution is -2.36. The summed E-state index contributed by atoms with van der Waals surface area (Å²) in [5.74, 6) is -3.90. The third-order valence-corrected chi connectivity index (χ3v) is 2.99. The highest BCUT2D eigenvalue weighted by Crippen LogP contribution is 2.33. The van der Waals surface area contributed by atoms with Gasteiger partial charge in [0.15, 0.2) is 0 Å². The van der Waals surface area contributed by atoms with Crippen molar-refractivity contribution >= 4 is 5.97 Å². The first kappa shape index (κ1) is 14.5. The molecule has 0 bridgehead atoms. The minimum atomic E-state index is -1.46. The van der Waals surface area contributed by atoms with E-state index < -0.39 is 34.4 Å². The highest BCUT2D eigenvalue weighted by atomic mass is 19.1. The Kier molecular flexibility index (Phi) is 4.38. The van der Waals surface area contributed by atoms with Crippen LogP contribution < -0.4 is 0 Å². The molecule has 0 amide bonds. The normalized spacial score (nSPS) is 14.1. The molecule has 0 N–H and O–H groups in total. The molecule has 1 atom stereocenters. The average molecular weight is 260 g/mol. The average Bonchev–Trinajstić information content (AvgIpc) is 2.27. The topological polar surface area (TPSA) is 26.3 Å². The van der Waals surface area contributed by atoms with Crippen LogP contribution in [0.4, 0.5) is 13.2 Å². The summed E-state index contributed by atoms with van der Waals surface area (Å²) in [7, 11) is 0. The quantitative estimate of drug-likeness (QED) is 0.776. The molecule has 2 nitrogen and oxygen atoms in total. The molecule has 0 heterocycles. The minimum Gasteiger partial charge on any atom is -0.465 e. The van der Waals surface area contributed by atoms with Crippen LogP contribution >= 0.6 is 0 Å². The van der Waals surface area contributed by atoms with Crippen LogP contribution in [0.3, 0.4) is 0 Å². The van der Waals surface area contributed by atoms with Gasteiger partial charge >= 0.3 is 5.97 Å². The molecule has 1 aromatic rings. The van der Waals surface area contributed by atoms with Gasteiger partial charge in [0.1, 0.15) is 17.5 Å². The van der Waals surface area contributed by atoms with Crippen LogP contribution in [-0.2, 0) is 14.9 Å². The fourth-order valence-corrected chi connectivity index (χ4v) is 1.78. The summed E-state index contributed by atoms with van der Waals surface area (Å²) in [6, 6.07) is 1.12. The predicted molar refractivity (Wildman–Crippen MR) is 60.6 cm³/mol. The first-order valence-electron chi connectivity index (χ1n) is 5.69. The molecular formula is C13H15F3O2. The molecule has 0 aliphatic rings. The maximum Gasteiger partial charge on any atom is 0.316 e. The lowest BCUT2D eigenvalue weighted by Gasteiger charge is -2.27. The fourth-order valence-electron chi connectivity index (χ4n) is 1.78. The maximum atomic E-state index is 13.7. The van der Waals surface area contributed by atoms with Gasteiger partial charge in [0, 0.05) is 17.7 Å². The Bertz CT molecular complexity index is 437. The van der Waals surface area contributed by atoms with Gasteiger partial charge in [0.25, 0.3) is 0 Å². The largest absolute Gasteiger partial charge is 0.465 e. The van der Waals surface area contributed by atoms with Crippen molar-refractivity contribution in [1.29, 1.82) is 0 Å². The molecule has 0 fully saturated rings. The monoisotopic (exact) mass is 260 g/mol. The van der Waals surface area contributed by atoms with Crippen molar-refractivity contribution < 1.29 is 22.7 Å². The molecule has 5 heteroatoms. The molecule has 0 aliphatic heterocycles. The molecule has 0 radical (unpaired) electrons. The Morgan fingerprint density at radius 2 is 1.72 bits per heavy atom. The predicted octanol–water partition coefficient (Wildman–Crippen LogP) is 3.33. The summed E-state index contributed by atoms with van der Waals surface area (Å²) in [5, 5.41) is 0. The summed E-state index contributed by atoms with van der Waals surface area (Å²) in [6.45, 7) is 4.70. The summed E-state index contributed by atoms with van der Waals surface area (Å²) in [6.07, 6.45) is 0.144. The number of esters is 1. The first-order chi connectivity index (χ1) is 8.36. The maximum absolute atomic E-state index is 13.7. The number of halogens is 3. The van der Waals surface area contributed by atoms with Crippen molar-refractivity contribution in [3.63, 3.8) is 0 Å². The molecule has 0 saturated carbocycles. The van der Waals surface area contributed by atoms with Gasteiger partial charge in [0.2, 0.25) is 0 Å². The van der Waals surface area contributed by atoms with Gasteiger partial charge in [-0.2, -0.15) is 0 Å². The Morgan fingerprint density at radius 3 is 2.11 bits per heavy atom. The van der Waals surface area contributed by atoms with Gasteiger partial charge in [-0.3, -0.25) is 4.79 Å². The highest BCUT2D eigenvalue weighted by molar-refractivity contribution is 5.82. The van der Waals surface area contributed by atoms with E-state index in [4.69, 9.17) is 4.74 Å². The van der Waals surface area contributed by atoms with E-state index in [-0.39, 0.29) is 13.0 Å². The molecule has 0 aromatic heterocycles. The number of carbonyl (C=O) groups is 1. The molecule has 1 aromatic carbocycles. The summed E-state index contributed by atoms with van der Waals surface area (Å²) in [4.78, 5) is 11.8.